The van der Waals surface area contributed by atoms with E-state index in [0.29, 0.717) is 13.0 Å². The number of aromatic amines is 1. The minimum Gasteiger partial charge on any atom is -0.342 e. The molecule has 124 valence electrons. The molecule has 0 saturated carbocycles. The molecule has 0 unspecified atom stereocenters. The molecule has 0 saturated heterocycles. The van der Waals surface area contributed by atoms with E-state index < -0.39 is 10.0 Å². The first-order valence-corrected chi connectivity index (χ1v) is 9.38. The Labute approximate surface area is 141 Å². The molecule has 1 heterocycles. The molecular formula is C18H19N3O2S. The number of imidazole rings is 1. The topological polar surface area (TPSA) is 74.8 Å². The van der Waals surface area contributed by atoms with Crippen LogP contribution in [0.1, 0.15) is 11.3 Å². The van der Waals surface area contributed by atoms with Gasteiger partial charge in [0.15, 0.2) is 0 Å². The predicted molar refractivity (Wildman–Crippen MR) is 94.8 cm³/mol. The van der Waals surface area contributed by atoms with Crippen LogP contribution in [0.3, 0.4) is 0 Å². The molecule has 3 aromatic rings. The zero-order chi connectivity index (χ0) is 16.8. The highest BCUT2D eigenvalue weighted by molar-refractivity contribution is 7.88. The standard InChI is InChI=1S/C18H19N3O2S/c22-24(23,14-15-7-3-1-4-8-15)20-12-11-17-13-19-18(21-17)16-9-5-2-6-10-16/h1-10,13,20H,11-12,14H2,(H,19,21). The van der Waals surface area contributed by atoms with Gasteiger partial charge in [0.2, 0.25) is 10.0 Å². The van der Waals surface area contributed by atoms with Gasteiger partial charge in [0, 0.05) is 30.4 Å². The van der Waals surface area contributed by atoms with Crippen molar-refractivity contribution in [1.82, 2.24) is 14.7 Å². The number of rotatable bonds is 7. The molecule has 0 spiro atoms. The summed E-state index contributed by atoms with van der Waals surface area (Å²) in [5.74, 6) is 0.782. The van der Waals surface area contributed by atoms with Crippen LogP contribution in [0.5, 0.6) is 0 Å². The van der Waals surface area contributed by atoms with Crippen molar-refractivity contribution in [2.75, 3.05) is 6.54 Å². The van der Waals surface area contributed by atoms with E-state index in [1.807, 2.05) is 48.5 Å². The number of hydrogen-bond donors (Lipinski definition) is 2. The average Bonchev–Trinajstić information content (AvgIpc) is 3.05. The van der Waals surface area contributed by atoms with Gasteiger partial charge in [-0.3, -0.25) is 0 Å². The maximum absolute atomic E-state index is 12.1. The van der Waals surface area contributed by atoms with Crippen molar-refractivity contribution in [1.29, 1.82) is 0 Å². The minimum atomic E-state index is -3.33. The van der Waals surface area contributed by atoms with Crippen LogP contribution >= 0.6 is 0 Å². The molecule has 1 aromatic heterocycles. The molecule has 3 rings (SSSR count). The lowest BCUT2D eigenvalue weighted by atomic mass is 10.2. The lowest BCUT2D eigenvalue weighted by molar-refractivity contribution is 0.580. The van der Waals surface area contributed by atoms with E-state index in [-0.39, 0.29) is 5.75 Å². The van der Waals surface area contributed by atoms with E-state index in [1.165, 1.54) is 0 Å². The van der Waals surface area contributed by atoms with Crippen molar-refractivity contribution in [3.8, 4) is 11.4 Å². The first-order valence-electron chi connectivity index (χ1n) is 7.73. The third kappa shape index (κ3) is 4.53. The summed E-state index contributed by atoms with van der Waals surface area (Å²) < 4.78 is 26.8. The second-order valence-electron chi connectivity index (χ2n) is 5.51. The molecule has 0 aliphatic rings. The van der Waals surface area contributed by atoms with Crippen LogP contribution in [0.2, 0.25) is 0 Å². The lowest BCUT2D eigenvalue weighted by Gasteiger charge is -2.06. The molecule has 5 nitrogen and oxygen atoms in total. The Morgan fingerprint density at radius 3 is 2.33 bits per heavy atom. The Balaban J connectivity index is 1.54. The normalized spacial score (nSPS) is 11.5. The molecule has 0 bridgehead atoms. The maximum Gasteiger partial charge on any atom is 0.215 e. The van der Waals surface area contributed by atoms with Crippen LogP contribution in [0.15, 0.2) is 66.9 Å². The maximum atomic E-state index is 12.1. The molecule has 2 aromatic carbocycles. The van der Waals surface area contributed by atoms with Crippen molar-refractivity contribution >= 4 is 10.0 Å². The number of nitrogens with one attached hydrogen (secondary N) is 2. The zero-order valence-electron chi connectivity index (χ0n) is 13.1. The largest absolute Gasteiger partial charge is 0.342 e. The lowest BCUT2D eigenvalue weighted by Crippen LogP contribution is -2.27. The van der Waals surface area contributed by atoms with Gasteiger partial charge in [0.25, 0.3) is 0 Å². The number of H-pyrrole nitrogens is 1. The summed E-state index contributed by atoms with van der Waals surface area (Å²) in [6.45, 7) is 0.339. The summed E-state index contributed by atoms with van der Waals surface area (Å²) >= 11 is 0. The summed E-state index contributed by atoms with van der Waals surface area (Å²) in [7, 11) is -3.33. The Hall–Kier alpha value is -2.44. The highest BCUT2D eigenvalue weighted by Gasteiger charge is 2.11. The molecule has 0 aliphatic carbocycles. The van der Waals surface area contributed by atoms with Gasteiger partial charge in [-0.1, -0.05) is 60.7 Å². The van der Waals surface area contributed by atoms with Crippen LogP contribution in [0.25, 0.3) is 11.4 Å². The minimum absolute atomic E-state index is 0.00786. The van der Waals surface area contributed by atoms with Crippen LogP contribution in [0, 0.1) is 0 Å². The third-order valence-electron chi connectivity index (χ3n) is 3.59. The fourth-order valence-electron chi connectivity index (χ4n) is 2.41. The zero-order valence-corrected chi connectivity index (χ0v) is 14.0. The number of benzene rings is 2. The Morgan fingerprint density at radius 2 is 1.62 bits per heavy atom. The van der Waals surface area contributed by atoms with Gasteiger partial charge in [-0.05, 0) is 5.56 Å². The van der Waals surface area contributed by atoms with Crippen LogP contribution in [-0.4, -0.2) is 24.9 Å². The van der Waals surface area contributed by atoms with E-state index in [2.05, 4.69) is 14.7 Å². The molecule has 24 heavy (non-hydrogen) atoms. The first kappa shape index (κ1) is 16.4. The summed E-state index contributed by atoms with van der Waals surface area (Å²) in [5, 5.41) is 0. The number of hydrogen-bond acceptors (Lipinski definition) is 3. The van der Waals surface area contributed by atoms with Crippen molar-refractivity contribution in [2.24, 2.45) is 0 Å². The van der Waals surface area contributed by atoms with E-state index in [1.54, 1.807) is 18.3 Å². The van der Waals surface area contributed by atoms with Crippen LogP contribution in [0.4, 0.5) is 0 Å². The monoisotopic (exact) mass is 341 g/mol. The Kier molecular flexibility index (Phi) is 5.08. The second-order valence-corrected chi connectivity index (χ2v) is 7.32. The second kappa shape index (κ2) is 7.42. The highest BCUT2D eigenvalue weighted by Crippen LogP contribution is 2.14. The molecule has 0 atom stereocenters. The fourth-order valence-corrected chi connectivity index (χ4v) is 3.56. The van der Waals surface area contributed by atoms with Gasteiger partial charge in [-0.15, -0.1) is 0 Å². The number of sulfonamides is 1. The van der Waals surface area contributed by atoms with Crippen LogP contribution in [-0.2, 0) is 22.2 Å². The molecule has 6 heteroatoms. The van der Waals surface area contributed by atoms with Gasteiger partial charge in [0.05, 0.1) is 5.75 Å². The number of nitrogens with zero attached hydrogens (tertiary/aromatic N) is 1. The molecule has 0 radical (unpaired) electrons. The van der Waals surface area contributed by atoms with Gasteiger partial charge < -0.3 is 4.98 Å². The first-order chi connectivity index (χ1) is 11.6. The molecule has 2 N–H and O–H groups in total. The van der Waals surface area contributed by atoms with Gasteiger partial charge >= 0.3 is 0 Å². The van der Waals surface area contributed by atoms with Crippen molar-refractivity contribution in [3.05, 3.63) is 78.1 Å². The van der Waals surface area contributed by atoms with E-state index in [4.69, 9.17) is 0 Å². The molecular weight excluding hydrogens is 322 g/mol. The fraction of sp³-hybridized carbons (Fsp3) is 0.167. The summed E-state index contributed by atoms with van der Waals surface area (Å²) in [5.41, 5.74) is 2.68. The summed E-state index contributed by atoms with van der Waals surface area (Å²) in [6, 6.07) is 19.0. The van der Waals surface area contributed by atoms with E-state index in [9.17, 15) is 8.42 Å². The highest BCUT2D eigenvalue weighted by atomic mass is 32.2. The quantitative estimate of drug-likeness (QED) is 0.694. The summed E-state index contributed by atoms with van der Waals surface area (Å²) in [6.07, 6.45) is 2.31. The van der Waals surface area contributed by atoms with Crippen molar-refractivity contribution < 1.29 is 8.42 Å². The van der Waals surface area contributed by atoms with E-state index >= 15 is 0 Å². The summed E-state index contributed by atoms with van der Waals surface area (Å²) in [4.78, 5) is 7.56. The van der Waals surface area contributed by atoms with E-state index in [0.717, 1.165) is 22.6 Å². The smallest absolute Gasteiger partial charge is 0.215 e. The Morgan fingerprint density at radius 1 is 0.958 bits per heavy atom. The third-order valence-corrected chi connectivity index (χ3v) is 4.95. The van der Waals surface area contributed by atoms with Crippen molar-refractivity contribution in [3.63, 3.8) is 0 Å². The number of aromatic nitrogens is 2. The van der Waals surface area contributed by atoms with Gasteiger partial charge in [0.1, 0.15) is 5.82 Å². The SMILES string of the molecule is O=S(=O)(Cc1ccccc1)NCCc1cnc(-c2ccccc2)[nH]1. The van der Waals surface area contributed by atoms with Gasteiger partial charge in [-0.25, -0.2) is 18.1 Å². The predicted octanol–water partition coefficient (Wildman–Crippen LogP) is 2.74. The van der Waals surface area contributed by atoms with Gasteiger partial charge in [-0.2, -0.15) is 0 Å². The molecule has 0 amide bonds. The van der Waals surface area contributed by atoms with Crippen LogP contribution < -0.4 is 4.72 Å². The Bertz CT molecular complexity index is 875. The van der Waals surface area contributed by atoms with Crippen molar-refractivity contribution in [2.45, 2.75) is 12.2 Å². The average molecular weight is 341 g/mol. The molecule has 0 fully saturated rings. The molecule has 0 aliphatic heterocycles.